The van der Waals surface area contributed by atoms with E-state index in [2.05, 4.69) is 18.0 Å². The molecule has 3 heteroatoms. The summed E-state index contributed by atoms with van der Waals surface area (Å²) in [5.74, 6) is 0.917. The maximum atomic E-state index is 5.93. The molecule has 2 aromatic carbocycles. The summed E-state index contributed by atoms with van der Waals surface area (Å²) in [4.78, 5) is 0. The van der Waals surface area contributed by atoms with Gasteiger partial charge in [0.15, 0.2) is 0 Å². The lowest BCUT2D eigenvalue weighted by molar-refractivity contribution is 0.330. The Morgan fingerprint density at radius 3 is 2.80 bits per heavy atom. The molecule has 0 aliphatic carbocycles. The standard InChI is InChI=1S/C17H18ClNO/c1-2-6-14-7-3-4-10-17(14)20-12-11-19-16-9-5-8-15(18)13-16/h2-5,7-10,13,19H,1,6,11-12H2. The lowest BCUT2D eigenvalue weighted by atomic mass is 10.1. The second kappa shape index (κ2) is 7.61. The van der Waals surface area contributed by atoms with Crippen molar-refractivity contribution in [1.29, 1.82) is 0 Å². The van der Waals surface area contributed by atoms with Gasteiger partial charge in [-0.15, -0.1) is 6.58 Å². The smallest absolute Gasteiger partial charge is 0.122 e. The van der Waals surface area contributed by atoms with Crippen molar-refractivity contribution in [2.24, 2.45) is 0 Å². The Bertz CT molecular complexity index is 568. The molecule has 1 N–H and O–H groups in total. The Hall–Kier alpha value is -1.93. The average molecular weight is 288 g/mol. The summed E-state index contributed by atoms with van der Waals surface area (Å²) in [6.45, 7) is 5.08. The van der Waals surface area contributed by atoms with Crippen molar-refractivity contribution in [1.82, 2.24) is 0 Å². The number of halogens is 1. The number of benzene rings is 2. The van der Waals surface area contributed by atoms with E-state index in [1.165, 1.54) is 0 Å². The van der Waals surface area contributed by atoms with Gasteiger partial charge in [-0.1, -0.05) is 41.9 Å². The molecule has 0 saturated carbocycles. The first-order chi connectivity index (χ1) is 9.79. The van der Waals surface area contributed by atoms with E-state index in [1.54, 1.807) is 0 Å². The van der Waals surface area contributed by atoms with E-state index in [1.807, 2.05) is 48.5 Å². The zero-order valence-electron chi connectivity index (χ0n) is 11.3. The van der Waals surface area contributed by atoms with E-state index in [4.69, 9.17) is 16.3 Å². The highest BCUT2D eigenvalue weighted by Crippen LogP contribution is 2.19. The van der Waals surface area contributed by atoms with Crippen LogP contribution < -0.4 is 10.1 Å². The lowest BCUT2D eigenvalue weighted by Crippen LogP contribution is -2.12. The molecule has 2 aromatic rings. The molecule has 0 fully saturated rings. The third kappa shape index (κ3) is 4.32. The van der Waals surface area contributed by atoms with Gasteiger partial charge in [0, 0.05) is 17.3 Å². The molecule has 104 valence electrons. The van der Waals surface area contributed by atoms with Gasteiger partial charge in [0.1, 0.15) is 12.4 Å². The fraction of sp³-hybridized carbons (Fsp3) is 0.176. The van der Waals surface area contributed by atoms with Crippen LogP contribution in [-0.2, 0) is 6.42 Å². The van der Waals surface area contributed by atoms with Gasteiger partial charge < -0.3 is 10.1 Å². The minimum Gasteiger partial charge on any atom is -0.491 e. The Labute approximate surface area is 125 Å². The molecule has 0 unspecified atom stereocenters. The maximum absolute atomic E-state index is 5.93. The summed E-state index contributed by atoms with van der Waals surface area (Å²) >= 11 is 5.93. The highest BCUT2D eigenvalue weighted by atomic mass is 35.5. The van der Waals surface area contributed by atoms with Crippen LogP contribution in [0.3, 0.4) is 0 Å². The van der Waals surface area contributed by atoms with Crippen LogP contribution in [0.25, 0.3) is 0 Å². The van der Waals surface area contributed by atoms with Crippen molar-refractivity contribution in [3.8, 4) is 5.75 Å². The van der Waals surface area contributed by atoms with Gasteiger partial charge >= 0.3 is 0 Å². The summed E-state index contributed by atoms with van der Waals surface area (Å²) in [6, 6.07) is 15.7. The monoisotopic (exact) mass is 287 g/mol. The fourth-order valence-electron chi connectivity index (χ4n) is 1.92. The predicted molar refractivity (Wildman–Crippen MR) is 85.8 cm³/mol. The van der Waals surface area contributed by atoms with Gasteiger partial charge in [-0.3, -0.25) is 0 Å². The summed E-state index contributed by atoms with van der Waals surface area (Å²) < 4.78 is 5.80. The lowest BCUT2D eigenvalue weighted by Gasteiger charge is -2.11. The van der Waals surface area contributed by atoms with Crippen LogP contribution in [0.2, 0.25) is 5.02 Å². The molecular formula is C17H18ClNO. The number of nitrogens with one attached hydrogen (secondary N) is 1. The van der Waals surface area contributed by atoms with E-state index in [0.29, 0.717) is 6.61 Å². The van der Waals surface area contributed by atoms with Crippen LogP contribution in [0.5, 0.6) is 5.75 Å². The normalized spacial score (nSPS) is 10.1. The van der Waals surface area contributed by atoms with Crippen molar-refractivity contribution in [3.05, 3.63) is 71.8 Å². The summed E-state index contributed by atoms with van der Waals surface area (Å²) in [6.07, 6.45) is 2.70. The van der Waals surface area contributed by atoms with Crippen molar-refractivity contribution in [2.45, 2.75) is 6.42 Å². The molecule has 0 radical (unpaired) electrons. The third-order valence-corrected chi connectivity index (χ3v) is 3.09. The van der Waals surface area contributed by atoms with Gasteiger partial charge in [0.25, 0.3) is 0 Å². The molecule has 2 nitrogen and oxygen atoms in total. The fourth-order valence-corrected chi connectivity index (χ4v) is 2.11. The molecule has 0 aromatic heterocycles. The Morgan fingerprint density at radius 2 is 2.00 bits per heavy atom. The van der Waals surface area contributed by atoms with E-state index >= 15 is 0 Å². The molecule has 0 spiro atoms. The number of allylic oxidation sites excluding steroid dienone is 1. The van der Waals surface area contributed by atoms with Crippen LogP contribution >= 0.6 is 11.6 Å². The summed E-state index contributed by atoms with van der Waals surface area (Å²) in [5, 5.41) is 4.01. The first-order valence-electron chi connectivity index (χ1n) is 6.60. The maximum Gasteiger partial charge on any atom is 0.122 e. The number of hydrogen-bond acceptors (Lipinski definition) is 2. The van der Waals surface area contributed by atoms with Crippen LogP contribution in [0, 0.1) is 0 Å². The second-order valence-corrected chi connectivity index (χ2v) is 4.82. The molecule has 0 atom stereocenters. The molecule has 0 aliphatic rings. The first-order valence-corrected chi connectivity index (χ1v) is 6.98. The van der Waals surface area contributed by atoms with Crippen molar-refractivity contribution < 1.29 is 4.74 Å². The predicted octanol–water partition coefficient (Wildman–Crippen LogP) is 4.56. The van der Waals surface area contributed by atoms with Crippen molar-refractivity contribution in [2.75, 3.05) is 18.5 Å². The molecule has 0 heterocycles. The van der Waals surface area contributed by atoms with Gasteiger partial charge in [-0.25, -0.2) is 0 Å². The number of hydrogen-bond donors (Lipinski definition) is 1. The second-order valence-electron chi connectivity index (χ2n) is 4.39. The zero-order valence-corrected chi connectivity index (χ0v) is 12.1. The largest absolute Gasteiger partial charge is 0.491 e. The molecule has 0 aliphatic heterocycles. The minimum absolute atomic E-state index is 0.598. The molecule has 0 saturated heterocycles. The zero-order chi connectivity index (χ0) is 14.2. The van der Waals surface area contributed by atoms with Gasteiger partial charge in [0.2, 0.25) is 0 Å². The summed E-state index contributed by atoms with van der Waals surface area (Å²) in [7, 11) is 0. The van der Waals surface area contributed by atoms with Crippen LogP contribution in [0.4, 0.5) is 5.69 Å². The number of anilines is 1. The van der Waals surface area contributed by atoms with E-state index in [9.17, 15) is 0 Å². The first kappa shape index (κ1) is 14.5. The van der Waals surface area contributed by atoms with E-state index in [-0.39, 0.29) is 0 Å². The SMILES string of the molecule is C=CCc1ccccc1OCCNc1cccc(Cl)c1. The van der Waals surface area contributed by atoms with Crippen LogP contribution in [0.15, 0.2) is 61.2 Å². The minimum atomic E-state index is 0.598. The third-order valence-electron chi connectivity index (χ3n) is 2.85. The Balaban J connectivity index is 1.83. The Kier molecular flexibility index (Phi) is 5.51. The molecule has 2 rings (SSSR count). The van der Waals surface area contributed by atoms with Gasteiger partial charge in [0.05, 0.1) is 0 Å². The average Bonchev–Trinajstić information content (AvgIpc) is 2.46. The van der Waals surface area contributed by atoms with E-state index in [0.717, 1.165) is 35.0 Å². The molecule has 0 bridgehead atoms. The summed E-state index contributed by atoms with van der Waals surface area (Å²) in [5.41, 5.74) is 2.16. The van der Waals surface area contributed by atoms with Crippen molar-refractivity contribution in [3.63, 3.8) is 0 Å². The quantitative estimate of drug-likeness (QED) is 0.595. The number of ether oxygens (including phenoxy) is 1. The molecule has 0 amide bonds. The van der Waals surface area contributed by atoms with Crippen LogP contribution in [0.1, 0.15) is 5.56 Å². The highest BCUT2D eigenvalue weighted by molar-refractivity contribution is 6.30. The number of rotatable bonds is 7. The number of para-hydroxylation sites is 1. The van der Waals surface area contributed by atoms with Crippen LogP contribution in [-0.4, -0.2) is 13.2 Å². The molecular weight excluding hydrogens is 270 g/mol. The van der Waals surface area contributed by atoms with Gasteiger partial charge in [-0.05, 0) is 36.2 Å². The van der Waals surface area contributed by atoms with Gasteiger partial charge in [-0.2, -0.15) is 0 Å². The van der Waals surface area contributed by atoms with E-state index < -0.39 is 0 Å². The molecule has 20 heavy (non-hydrogen) atoms. The van der Waals surface area contributed by atoms with Crippen molar-refractivity contribution >= 4 is 17.3 Å². The Morgan fingerprint density at radius 1 is 1.15 bits per heavy atom. The highest BCUT2D eigenvalue weighted by Gasteiger charge is 2.00. The topological polar surface area (TPSA) is 21.3 Å².